The molecule has 0 radical (unpaired) electrons. The molecule has 0 bridgehead atoms. The number of nitrogens with two attached hydrogens (primary N) is 1. The van der Waals surface area contributed by atoms with E-state index in [1.807, 2.05) is 41.2 Å². The van der Waals surface area contributed by atoms with E-state index in [0.717, 1.165) is 28.4 Å². The van der Waals surface area contributed by atoms with Gasteiger partial charge < -0.3 is 10.3 Å². The smallest absolute Gasteiger partial charge is 0.0574 e. The van der Waals surface area contributed by atoms with Gasteiger partial charge in [0.2, 0.25) is 0 Å². The topological polar surface area (TPSA) is 30.9 Å². The summed E-state index contributed by atoms with van der Waals surface area (Å²) in [5.74, 6) is 0. The molecule has 3 heteroatoms. The Labute approximate surface area is 94.3 Å². The third-order valence-corrected chi connectivity index (χ3v) is 2.77. The third-order valence-electron chi connectivity index (χ3n) is 2.44. The van der Waals surface area contributed by atoms with Crippen molar-refractivity contribution in [2.24, 2.45) is 0 Å². The maximum absolute atomic E-state index is 6.12. The van der Waals surface area contributed by atoms with Crippen molar-refractivity contribution < 1.29 is 0 Å². The van der Waals surface area contributed by atoms with Crippen LogP contribution in [-0.4, -0.2) is 4.57 Å². The van der Waals surface area contributed by atoms with Crippen LogP contribution in [0.1, 0.15) is 6.92 Å². The summed E-state index contributed by atoms with van der Waals surface area (Å²) in [6.07, 6.45) is 3.95. The van der Waals surface area contributed by atoms with Crippen LogP contribution in [0, 0.1) is 0 Å². The number of aryl methyl sites for hydroxylation is 1. The SMILES string of the molecule is CCn1cc(N)c(-c2ccccc2Cl)c1. The standard InChI is InChI=1S/C12H13ClN2/c1-2-15-7-10(12(14)8-15)9-5-3-4-6-11(9)13/h3-8H,2,14H2,1H3. The first-order valence-electron chi connectivity index (χ1n) is 4.92. The van der Waals surface area contributed by atoms with Gasteiger partial charge in [-0.25, -0.2) is 0 Å². The number of hydrogen-bond acceptors (Lipinski definition) is 1. The van der Waals surface area contributed by atoms with Crippen LogP contribution in [0.25, 0.3) is 11.1 Å². The van der Waals surface area contributed by atoms with Gasteiger partial charge in [0, 0.05) is 35.1 Å². The van der Waals surface area contributed by atoms with E-state index in [0.29, 0.717) is 0 Å². The zero-order chi connectivity index (χ0) is 10.8. The maximum Gasteiger partial charge on any atom is 0.0574 e. The lowest BCUT2D eigenvalue weighted by molar-refractivity contribution is 0.770. The third kappa shape index (κ3) is 1.85. The van der Waals surface area contributed by atoms with E-state index in [1.54, 1.807) is 0 Å². The van der Waals surface area contributed by atoms with Gasteiger partial charge in [-0.05, 0) is 13.0 Å². The molecule has 2 aromatic rings. The van der Waals surface area contributed by atoms with Crippen LogP contribution < -0.4 is 5.73 Å². The first kappa shape index (κ1) is 10.1. The van der Waals surface area contributed by atoms with Crippen molar-refractivity contribution in [3.05, 3.63) is 41.7 Å². The van der Waals surface area contributed by atoms with Crippen LogP contribution in [0.2, 0.25) is 5.02 Å². The van der Waals surface area contributed by atoms with Gasteiger partial charge in [0.25, 0.3) is 0 Å². The Kier molecular flexibility index (Phi) is 2.69. The molecule has 0 spiro atoms. The van der Waals surface area contributed by atoms with Crippen molar-refractivity contribution in [3.8, 4) is 11.1 Å². The Balaban J connectivity index is 2.54. The summed E-state index contributed by atoms with van der Waals surface area (Å²) in [5, 5.41) is 0.734. The van der Waals surface area contributed by atoms with E-state index in [4.69, 9.17) is 17.3 Å². The summed E-state index contributed by atoms with van der Waals surface area (Å²) in [5.41, 5.74) is 8.70. The highest BCUT2D eigenvalue weighted by Crippen LogP contribution is 2.32. The highest BCUT2D eigenvalue weighted by atomic mass is 35.5. The number of aromatic nitrogens is 1. The monoisotopic (exact) mass is 220 g/mol. The van der Waals surface area contributed by atoms with E-state index >= 15 is 0 Å². The molecule has 2 N–H and O–H groups in total. The molecule has 1 aromatic carbocycles. The molecule has 0 aliphatic carbocycles. The first-order chi connectivity index (χ1) is 7.22. The van der Waals surface area contributed by atoms with E-state index in [2.05, 4.69) is 6.92 Å². The molecular weight excluding hydrogens is 208 g/mol. The van der Waals surface area contributed by atoms with Gasteiger partial charge in [-0.1, -0.05) is 29.8 Å². The Hall–Kier alpha value is -1.41. The summed E-state index contributed by atoms with van der Waals surface area (Å²) in [6, 6.07) is 7.73. The highest BCUT2D eigenvalue weighted by Gasteiger charge is 2.08. The lowest BCUT2D eigenvalue weighted by Crippen LogP contribution is -1.87. The summed E-state index contributed by atoms with van der Waals surface area (Å²) in [7, 11) is 0. The zero-order valence-electron chi connectivity index (χ0n) is 8.57. The molecule has 1 heterocycles. The van der Waals surface area contributed by atoms with Crippen LogP contribution in [0.3, 0.4) is 0 Å². The molecule has 0 unspecified atom stereocenters. The quantitative estimate of drug-likeness (QED) is 0.826. The van der Waals surface area contributed by atoms with E-state index < -0.39 is 0 Å². The fourth-order valence-corrected chi connectivity index (χ4v) is 1.85. The highest BCUT2D eigenvalue weighted by molar-refractivity contribution is 6.33. The fraction of sp³-hybridized carbons (Fsp3) is 0.167. The van der Waals surface area contributed by atoms with Crippen molar-refractivity contribution in [2.75, 3.05) is 5.73 Å². The van der Waals surface area contributed by atoms with Crippen LogP contribution in [0.5, 0.6) is 0 Å². The number of nitrogen functional groups attached to an aromatic ring is 1. The first-order valence-corrected chi connectivity index (χ1v) is 5.30. The van der Waals surface area contributed by atoms with E-state index in [-0.39, 0.29) is 0 Å². The molecule has 0 aliphatic rings. The van der Waals surface area contributed by atoms with Crippen LogP contribution in [-0.2, 0) is 6.54 Å². The summed E-state index contributed by atoms with van der Waals surface area (Å²) < 4.78 is 2.05. The number of nitrogens with zero attached hydrogens (tertiary/aromatic N) is 1. The molecule has 0 amide bonds. The lowest BCUT2D eigenvalue weighted by Gasteiger charge is -2.02. The second-order valence-electron chi connectivity index (χ2n) is 3.44. The number of hydrogen-bond donors (Lipinski definition) is 1. The molecule has 2 nitrogen and oxygen atoms in total. The summed E-state index contributed by atoms with van der Waals surface area (Å²) in [6.45, 7) is 2.99. The second kappa shape index (κ2) is 3.99. The second-order valence-corrected chi connectivity index (χ2v) is 3.84. The molecule has 15 heavy (non-hydrogen) atoms. The predicted molar refractivity (Wildman–Crippen MR) is 65.0 cm³/mol. The van der Waals surface area contributed by atoms with E-state index in [1.165, 1.54) is 0 Å². The average molecular weight is 221 g/mol. The Bertz CT molecular complexity index is 474. The number of halogens is 1. The average Bonchev–Trinajstić information content (AvgIpc) is 2.60. The van der Waals surface area contributed by atoms with Gasteiger partial charge in [-0.15, -0.1) is 0 Å². The molecule has 0 fully saturated rings. The van der Waals surface area contributed by atoms with Crippen LogP contribution >= 0.6 is 11.6 Å². The minimum Gasteiger partial charge on any atom is -0.397 e. The maximum atomic E-state index is 6.12. The van der Waals surface area contributed by atoms with Crippen LogP contribution in [0.15, 0.2) is 36.7 Å². The molecular formula is C12H13ClN2. The van der Waals surface area contributed by atoms with Crippen LogP contribution in [0.4, 0.5) is 5.69 Å². The van der Waals surface area contributed by atoms with E-state index in [9.17, 15) is 0 Å². The molecule has 78 valence electrons. The largest absolute Gasteiger partial charge is 0.397 e. The minimum absolute atomic E-state index is 0.734. The number of anilines is 1. The zero-order valence-corrected chi connectivity index (χ0v) is 9.33. The molecule has 0 saturated carbocycles. The van der Waals surface area contributed by atoms with Gasteiger partial charge in [-0.3, -0.25) is 0 Å². The molecule has 0 saturated heterocycles. The van der Waals surface area contributed by atoms with Crippen molar-refractivity contribution in [3.63, 3.8) is 0 Å². The van der Waals surface area contributed by atoms with Gasteiger partial charge in [0.1, 0.15) is 0 Å². The van der Waals surface area contributed by atoms with Crippen molar-refractivity contribution in [1.29, 1.82) is 0 Å². The Morgan fingerprint density at radius 1 is 1.20 bits per heavy atom. The van der Waals surface area contributed by atoms with Gasteiger partial charge >= 0.3 is 0 Å². The number of rotatable bonds is 2. The molecule has 1 aromatic heterocycles. The molecule has 0 atom stereocenters. The summed E-state index contributed by atoms with van der Waals surface area (Å²) in [4.78, 5) is 0. The predicted octanol–water partition coefficient (Wildman–Crippen LogP) is 3.41. The Morgan fingerprint density at radius 3 is 2.53 bits per heavy atom. The molecule has 0 aliphatic heterocycles. The van der Waals surface area contributed by atoms with Crippen molar-refractivity contribution in [2.45, 2.75) is 13.5 Å². The minimum atomic E-state index is 0.734. The molecule has 2 rings (SSSR count). The fourth-order valence-electron chi connectivity index (χ4n) is 1.61. The summed E-state index contributed by atoms with van der Waals surface area (Å²) >= 11 is 6.12. The lowest BCUT2D eigenvalue weighted by atomic mass is 10.1. The normalized spacial score (nSPS) is 10.5. The number of benzene rings is 1. The van der Waals surface area contributed by atoms with Gasteiger partial charge in [0.05, 0.1) is 5.69 Å². The van der Waals surface area contributed by atoms with Gasteiger partial charge in [0.15, 0.2) is 0 Å². The Morgan fingerprint density at radius 2 is 1.93 bits per heavy atom. The van der Waals surface area contributed by atoms with Crippen molar-refractivity contribution >= 4 is 17.3 Å². The van der Waals surface area contributed by atoms with Crippen molar-refractivity contribution in [1.82, 2.24) is 4.57 Å². The van der Waals surface area contributed by atoms with Gasteiger partial charge in [-0.2, -0.15) is 0 Å².